The van der Waals surface area contributed by atoms with Crippen molar-refractivity contribution < 1.29 is 19.8 Å². The van der Waals surface area contributed by atoms with E-state index in [1.807, 2.05) is 19.1 Å². The molecule has 0 saturated heterocycles. The first kappa shape index (κ1) is 24.9. The summed E-state index contributed by atoms with van der Waals surface area (Å²) >= 11 is 0. The molecular weight excluding hydrogens is 402 g/mol. The fourth-order valence-corrected chi connectivity index (χ4v) is 3.81. The number of nitrogens with one attached hydrogen (secondary N) is 1. The molecular formula is C27H33NO4. The summed E-state index contributed by atoms with van der Waals surface area (Å²) in [5.74, 6) is -1.89. The number of benzene rings is 1. The lowest BCUT2D eigenvalue weighted by atomic mass is 9.72. The van der Waals surface area contributed by atoms with Gasteiger partial charge in [0, 0.05) is 12.1 Å². The van der Waals surface area contributed by atoms with Crippen molar-refractivity contribution in [3.05, 3.63) is 82.5 Å². The second-order valence-corrected chi connectivity index (χ2v) is 8.94. The van der Waals surface area contributed by atoms with Gasteiger partial charge in [0.1, 0.15) is 11.5 Å². The number of carbonyl (C=O) groups excluding carboxylic acids is 2. The zero-order valence-corrected chi connectivity index (χ0v) is 19.5. The fraction of sp³-hybridized carbons (Fsp3) is 0.333. The van der Waals surface area contributed by atoms with Crippen LogP contribution in [0.15, 0.2) is 76.9 Å². The van der Waals surface area contributed by atoms with Crippen LogP contribution in [0.25, 0.3) is 0 Å². The van der Waals surface area contributed by atoms with Gasteiger partial charge in [0.2, 0.25) is 0 Å². The highest BCUT2D eigenvalue weighted by molar-refractivity contribution is 6.09. The first-order chi connectivity index (χ1) is 15.0. The van der Waals surface area contributed by atoms with E-state index >= 15 is 0 Å². The number of carbonyl (C=O) groups is 2. The van der Waals surface area contributed by atoms with Gasteiger partial charge in [0.05, 0.1) is 5.56 Å². The van der Waals surface area contributed by atoms with E-state index in [0.29, 0.717) is 5.57 Å². The molecule has 2 amide bonds. The highest BCUT2D eigenvalue weighted by Gasteiger charge is 2.26. The average molecular weight is 436 g/mol. The molecule has 0 atom stereocenters. The van der Waals surface area contributed by atoms with Gasteiger partial charge in [0.15, 0.2) is 0 Å². The summed E-state index contributed by atoms with van der Waals surface area (Å²) in [5, 5.41) is 21.2. The first-order valence-corrected chi connectivity index (χ1v) is 10.8. The minimum atomic E-state index is -0.739. The van der Waals surface area contributed by atoms with Crippen LogP contribution in [0.5, 0.6) is 11.5 Å². The minimum absolute atomic E-state index is 0.0883. The molecule has 1 aliphatic carbocycles. The predicted octanol–water partition coefficient (Wildman–Crippen LogP) is 5.89. The SMILES string of the molecule is CC1=C(/C=C/C(C)=C/C=C/C(C)=C/C(=O)NC(=O)c2ccc(O)cc2O)C(C)(C)CCC1. The molecule has 0 radical (unpaired) electrons. The molecule has 0 fully saturated rings. The van der Waals surface area contributed by atoms with E-state index in [1.165, 1.54) is 42.2 Å². The molecule has 2 rings (SSSR count). The Morgan fingerprint density at radius 1 is 1.09 bits per heavy atom. The zero-order chi connectivity index (χ0) is 23.9. The maximum absolute atomic E-state index is 12.1. The molecule has 5 heteroatoms. The molecule has 0 unspecified atom stereocenters. The van der Waals surface area contributed by atoms with Crippen LogP contribution in [-0.4, -0.2) is 22.0 Å². The molecule has 5 nitrogen and oxygen atoms in total. The number of phenolic OH excluding ortho intramolecular Hbond substituents is 2. The topological polar surface area (TPSA) is 86.6 Å². The van der Waals surface area contributed by atoms with Crippen molar-refractivity contribution in [1.82, 2.24) is 5.32 Å². The molecule has 0 aliphatic heterocycles. The van der Waals surface area contributed by atoms with E-state index in [2.05, 4.69) is 38.2 Å². The molecule has 1 aromatic carbocycles. The molecule has 170 valence electrons. The van der Waals surface area contributed by atoms with Crippen LogP contribution in [0.2, 0.25) is 0 Å². The van der Waals surface area contributed by atoms with Crippen LogP contribution in [0.3, 0.4) is 0 Å². The van der Waals surface area contributed by atoms with Crippen LogP contribution in [0, 0.1) is 5.41 Å². The van der Waals surface area contributed by atoms with Crippen LogP contribution < -0.4 is 5.32 Å². The highest BCUT2D eigenvalue weighted by Crippen LogP contribution is 2.40. The molecule has 0 aromatic heterocycles. The molecule has 0 heterocycles. The Hall–Kier alpha value is -3.34. The van der Waals surface area contributed by atoms with E-state index in [-0.39, 0.29) is 16.7 Å². The number of imide groups is 1. The number of hydrogen-bond acceptors (Lipinski definition) is 4. The van der Waals surface area contributed by atoms with Gasteiger partial charge in [0.25, 0.3) is 11.8 Å². The lowest BCUT2D eigenvalue weighted by molar-refractivity contribution is -0.115. The lowest BCUT2D eigenvalue weighted by Crippen LogP contribution is -2.29. The van der Waals surface area contributed by atoms with Crippen LogP contribution >= 0.6 is 0 Å². The van der Waals surface area contributed by atoms with Crippen molar-refractivity contribution in [2.45, 2.75) is 53.9 Å². The van der Waals surface area contributed by atoms with Crippen LogP contribution in [0.1, 0.15) is 64.2 Å². The van der Waals surface area contributed by atoms with Gasteiger partial charge >= 0.3 is 0 Å². The number of rotatable bonds is 6. The monoisotopic (exact) mass is 435 g/mol. The molecule has 1 aromatic rings. The highest BCUT2D eigenvalue weighted by atomic mass is 16.3. The number of aromatic hydroxyl groups is 2. The van der Waals surface area contributed by atoms with E-state index in [1.54, 1.807) is 13.0 Å². The maximum atomic E-state index is 12.1. The Bertz CT molecular complexity index is 1040. The zero-order valence-electron chi connectivity index (χ0n) is 19.5. The number of phenols is 2. The Kier molecular flexibility index (Phi) is 8.41. The summed E-state index contributed by atoms with van der Waals surface area (Å²) in [5.41, 5.74) is 4.76. The third-order valence-corrected chi connectivity index (χ3v) is 5.60. The largest absolute Gasteiger partial charge is 0.508 e. The molecule has 0 spiro atoms. The number of allylic oxidation sites excluding steroid dienone is 9. The molecule has 1 aliphatic rings. The summed E-state index contributed by atoms with van der Waals surface area (Å²) in [6.07, 6.45) is 14.9. The van der Waals surface area contributed by atoms with Gasteiger partial charge in [-0.15, -0.1) is 0 Å². The summed E-state index contributed by atoms with van der Waals surface area (Å²) in [7, 11) is 0. The second kappa shape index (κ2) is 10.8. The van der Waals surface area contributed by atoms with E-state index < -0.39 is 17.6 Å². The van der Waals surface area contributed by atoms with Gasteiger partial charge in [-0.25, -0.2) is 0 Å². The van der Waals surface area contributed by atoms with Gasteiger partial charge in [-0.3, -0.25) is 14.9 Å². The number of hydrogen-bond donors (Lipinski definition) is 3. The van der Waals surface area contributed by atoms with E-state index in [4.69, 9.17) is 0 Å². The normalized spacial score (nSPS) is 17.3. The number of amides is 2. The van der Waals surface area contributed by atoms with Crippen molar-refractivity contribution in [2.75, 3.05) is 0 Å². The summed E-state index contributed by atoms with van der Waals surface area (Å²) < 4.78 is 0. The third kappa shape index (κ3) is 7.12. The standard InChI is InChI=1S/C27H33NO4/c1-18(11-14-23-20(3)10-7-15-27(23,4)5)8-6-9-19(2)16-25(31)28-26(32)22-13-12-21(29)17-24(22)30/h6,8-9,11-14,16-17,29-30H,7,10,15H2,1-5H3,(H,28,31,32)/b9-6+,14-11+,18-8+,19-16+. The van der Waals surface area contributed by atoms with E-state index in [0.717, 1.165) is 18.1 Å². The summed E-state index contributed by atoms with van der Waals surface area (Å²) in [6.45, 7) is 10.6. The van der Waals surface area contributed by atoms with Gasteiger partial charge in [-0.05, 0) is 68.7 Å². The van der Waals surface area contributed by atoms with Gasteiger partial charge < -0.3 is 10.2 Å². The summed E-state index contributed by atoms with van der Waals surface area (Å²) in [6, 6.07) is 3.55. The Morgan fingerprint density at radius 2 is 1.81 bits per heavy atom. The van der Waals surface area contributed by atoms with Crippen LogP contribution in [0.4, 0.5) is 0 Å². The predicted molar refractivity (Wildman–Crippen MR) is 128 cm³/mol. The Balaban J connectivity index is 1.97. The fourth-order valence-electron chi connectivity index (χ4n) is 3.81. The van der Waals surface area contributed by atoms with Crippen molar-refractivity contribution in [3.8, 4) is 11.5 Å². The molecule has 32 heavy (non-hydrogen) atoms. The first-order valence-electron chi connectivity index (χ1n) is 10.8. The molecule has 0 saturated carbocycles. The van der Waals surface area contributed by atoms with Crippen molar-refractivity contribution >= 4 is 11.8 Å². The maximum Gasteiger partial charge on any atom is 0.261 e. The molecule has 0 bridgehead atoms. The Morgan fingerprint density at radius 3 is 2.47 bits per heavy atom. The summed E-state index contributed by atoms with van der Waals surface area (Å²) in [4.78, 5) is 24.2. The van der Waals surface area contributed by atoms with Gasteiger partial charge in [-0.1, -0.05) is 55.4 Å². The smallest absolute Gasteiger partial charge is 0.261 e. The molecule has 3 N–H and O–H groups in total. The minimum Gasteiger partial charge on any atom is -0.508 e. The quantitative estimate of drug-likeness (QED) is 0.384. The third-order valence-electron chi connectivity index (χ3n) is 5.60. The second-order valence-electron chi connectivity index (χ2n) is 8.94. The Labute approximate surface area is 190 Å². The van der Waals surface area contributed by atoms with E-state index in [9.17, 15) is 19.8 Å². The van der Waals surface area contributed by atoms with Crippen molar-refractivity contribution in [1.29, 1.82) is 0 Å². The van der Waals surface area contributed by atoms with Crippen LogP contribution in [-0.2, 0) is 4.79 Å². The van der Waals surface area contributed by atoms with Gasteiger partial charge in [-0.2, -0.15) is 0 Å². The van der Waals surface area contributed by atoms with Crippen molar-refractivity contribution in [2.24, 2.45) is 5.41 Å². The lowest BCUT2D eigenvalue weighted by Gasteiger charge is -2.32. The van der Waals surface area contributed by atoms with Crippen molar-refractivity contribution in [3.63, 3.8) is 0 Å². The average Bonchev–Trinajstić information content (AvgIpc) is 2.66.